The number of benzene rings is 3. The molecule has 28 heavy (non-hydrogen) atoms. The van der Waals surface area contributed by atoms with Crippen LogP contribution in [0, 0.1) is 0 Å². The standard InChI is InChI=1S/C25H26O2Si/c1-18(19-11-5-2-6-12-19)23(26)25-24-22(27-24)17-28(25,20-13-7-3-8-14-20)21-15-9-4-10-16-21/h2-16,18,22-26H,17H2,1H3/t18?,22-,23-,24-,25-/m1/s1. The monoisotopic (exact) mass is 386 g/mol. The number of epoxide rings is 1. The molecule has 1 unspecified atom stereocenters. The van der Waals surface area contributed by atoms with Crippen molar-refractivity contribution in [3.05, 3.63) is 96.6 Å². The Bertz CT molecular complexity index is 889. The first-order chi connectivity index (χ1) is 13.7. The molecule has 5 rings (SSSR count). The van der Waals surface area contributed by atoms with Gasteiger partial charge in [-0.15, -0.1) is 0 Å². The quantitative estimate of drug-likeness (QED) is 0.537. The van der Waals surface area contributed by atoms with E-state index in [1.807, 2.05) is 6.07 Å². The molecule has 0 aromatic heterocycles. The smallest absolute Gasteiger partial charge is 0.128 e. The van der Waals surface area contributed by atoms with Crippen molar-refractivity contribution < 1.29 is 9.84 Å². The van der Waals surface area contributed by atoms with Gasteiger partial charge in [0.05, 0.1) is 18.3 Å². The van der Waals surface area contributed by atoms with Crippen LogP contribution in [0.2, 0.25) is 11.6 Å². The molecule has 0 bridgehead atoms. The van der Waals surface area contributed by atoms with Gasteiger partial charge in [-0.3, -0.25) is 0 Å². The summed E-state index contributed by atoms with van der Waals surface area (Å²) >= 11 is 0. The Balaban J connectivity index is 1.62. The van der Waals surface area contributed by atoms with Gasteiger partial charge in [0.25, 0.3) is 0 Å². The first-order valence-electron chi connectivity index (χ1n) is 10.2. The van der Waals surface area contributed by atoms with E-state index in [9.17, 15) is 5.11 Å². The summed E-state index contributed by atoms with van der Waals surface area (Å²) in [6, 6.07) is 33.3. The number of rotatable bonds is 5. The maximum atomic E-state index is 11.7. The third-order valence-corrected chi connectivity index (χ3v) is 12.4. The molecule has 0 radical (unpaired) electrons. The summed E-state index contributed by atoms with van der Waals surface area (Å²) in [6.45, 7) is 2.16. The highest BCUT2D eigenvalue weighted by atomic mass is 28.3. The van der Waals surface area contributed by atoms with E-state index in [4.69, 9.17) is 4.74 Å². The number of hydrogen-bond donors (Lipinski definition) is 1. The summed E-state index contributed by atoms with van der Waals surface area (Å²) in [6.07, 6.45) is 0.0647. The van der Waals surface area contributed by atoms with Gasteiger partial charge in [0.2, 0.25) is 0 Å². The highest BCUT2D eigenvalue weighted by Gasteiger charge is 2.67. The second kappa shape index (κ2) is 7.00. The zero-order valence-corrected chi connectivity index (χ0v) is 17.1. The van der Waals surface area contributed by atoms with Gasteiger partial charge in [0.1, 0.15) is 8.07 Å². The zero-order chi connectivity index (χ0) is 19.1. The summed E-state index contributed by atoms with van der Waals surface area (Å²) in [7, 11) is -2.16. The van der Waals surface area contributed by atoms with Crippen molar-refractivity contribution >= 4 is 18.4 Å². The fourth-order valence-corrected chi connectivity index (χ4v) is 11.5. The molecular weight excluding hydrogens is 360 g/mol. The summed E-state index contributed by atoms with van der Waals surface area (Å²) in [5.74, 6) is 0.0773. The number of aliphatic hydroxyl groups is 1. The van der Waals surface area contributed by atoms with Gasteiger partial charge in [0.15, 0.2) is 0 Å². The van der Waals surface area contributed by atoms with Gasteiger partial charge in [-0.25, -0.2) is 0 Å². The highest BCUT2D eigenvalue weighted by Crippen LogP contribution is 2.55. The molecule has 1 N–H and O–H groups in total. The first kappa shape index (κ1) is 17.9. The Labute approximate surface area is 167 Å². The molecule has 5 atom stereocenters. The lowest BCUT2D eigenvalue weighted by molar-refractivity contribution is 0.126. The Hall–Kier alpha value is -2.20. The van der Waals surface area contributed by atoms with E-state index in [-0.39, 0.29) is 17.6 Å². The molecule has 3 aromatic rings. The molecule has 2 aliphatic rings. The van der Waals surface area contributed by atoms with Crippen LogP contribution in [0.3, 0.4) is 0 Å². The lowest BCUT2D eigenvalue weighted by Crippen LogP contribution is -2.63. The van der Waals surface area contributed by atoms with E-state index in [1.54, 1.807) is 0 Å². The average Bonchev–Trinajstić information content (AvgIpc) is 3.44. The minimum Gasteiger partial charge on any atom is -0.392 e. The van der Waals surface area contributed by atoms with E-state index in [1.165, 1.54) is 15.9 Å². The van der Waals surface area contributed by atoms with Gasteiger partial charge < -0.3 is 9.84 Å². The number of hydrogen-bond acceptors (Lipinski definition) is 2. The largest absolute Gasteiger partial charge is 0.392 e. The lowest BCUT2D eigenvalue weighted by Gasteiger charge is -2.40. The molecule has 2 nitrogen and oxygen atoms in total. The normalized spacial score (nSPS) is 27.0. The highest BCUT2D eigenvalue weighted by molar-refractivity contribution is 7.04. The van der Waals surface area contributed by atoms with Crippen molar-refractivity contribution in [2.24, 2.45) is 0 Å². The molecule has 2 heterocycles. The number of aliphatic hydroxyl groups excluding tert-OH is 1. The third kappa shape index (κ3) is 2.77. The van der Waals surface area contributed by atoms with Crippen LogP contribution in [-0.4, -0.2) is 31.5 Å². The van der Waals surface area contributed by atoms with Crippen LogP contribution in [0.4, 0.5) is 0 Å². The van der Waals surface area contributed by atoms with Crippen molar-refractivity contribution in [2.75, 3.05) is 0 Å². The molecule has 142 valence electrons. The number of ether oxygens (including phenoxy) is 1. The van der Waals surface area contributed by atoms with E-state index in [2.05, 4.69) is 91.9 Å². The van der Waals surface area contributed by atoms with Crippen LogP contribution in [0.25, 0.3) is 0 Å². The molecule has 3 heteroatoms. The van der Waals surface area contributed by atoms with E-state index in [0.29, 0.717) is 6.10 Å². The topological polar surface area (TPSA) is 32.8 Å². The van der Waals surface area contributed by atoms with Crippen LogP contribution in [-0.2, 0) is 4.74 Å². The van der Waals surface area contributed by atoms with Crippen LogP contribution < -0.4 is 10.4 Å². The summed E-state index contributed by atoms with van der Waals surface area (Å²) in [4.78, 5) is 0. The molecule has 0 aliphatic carbocycles. The van der Waals surface area contributed by atoms with Gasteiger partial charge >= 0.3 is 0 Å². The maximum Gasteiger partial charge on any atom is 0.128 e. The third-order valence-electron chi connectivity index (χ3n) is 6.85. The van der Waals surface area contributed by atoms with Crippen LogP contribution in [0.5, 0.6) is 0 Å². The van der Waals surface area contributed by atoms with Crippen molar-refractivity contribution in [3.8, 4) is 0 Å². The van der Waals surface area contributed by atoms with E-state index >= 15 is 0 Å². The van der Waals surface area contributed by atoms with Crippen LogP contribution >= 0.6 is 0 Å². The first-order valence-corrected chi connectivity index (χ1v) is 12.5. The van der Waals surface area contributed by atoms with Gasteiger partial charge in [-0.1, -0.05) is 108 Å². The van der Waals surface area contributed by atoms with Crippen molar-refractivity contribution in [3.63, 3.8) is 0 Å². The molecule has 3 aromatic carbocycles. The van der Waals surface area contributed by atoms with E-state index in [0.717, 1.165) is 6.04 Å². The van der Waals surface area contributed by atoms with Gasteiger partial charge in [-0.2, -0.15) is 0 Å². The van der Waals surface area contributed by atoms with E-state index < -0.39 is 14.2 Å². The lowest BCUT2D eigenvalue weighted by atomic mass is 9.92. The second-order valence-electron chi connectivity index (χ2n) is 8.26. The fourth-order valence-electron chi connectivity index (χ4n) is 5.38. The Morgan fingerprint density at radius 2 is 1.32 bits per heavy atom. The average molecular weight is 387 g/mol. The molecule has 0 saturated carbocycles. The summed E-state index contributed by atoms with van der Waals surface area (Å²) in [5.41, 5.74) is 1.36. The predicted octanol–water partition coefficient (Wildman–Crippen LogP) is 3.57. The van der Waals surface area contributed by atoms with Gasteiger partial charge in [0, 0.05) is 11.5 Å². The SMILES string of the molecule is CC(c1ccccc1)[C@@H](O)[C@@H]1[C@@H]2O[C@@H]2C[Si]1(c1ccccc1)c1ccccc1. The molecule has 0 amide bonds. The Morgan fingerprint density at radius 3 is 1.86 bits per heavy atom. The Morgan fingerprint density at radius 1 is 0.821 bits per heavy atom. The number of fused-ring (bicyclic) bond motifs is 1. The molecule has 2 aliphatic heterocycles. The summed E-state index contributed by atoms with van der Waals surface area (Å²) < 4.78 is 6.05. The van der Waals surface area contributed by atoms with Crippen molar-refractivity contribution in [1.29, 1.82) is 0 Å². The molecule has 2 fully saturated rings. The summed E-state index contributed by atoms with van der Waals surface area (Å²) in [5, 5.41) is 14.5. The maximum absolute atomic E-state index is 11.7. The molecule has 2 saturated heterocycles. The zero-order valence-electron chi connectivity index (χ0n) is 16.1. The van der Waals surface area contributed by atoms with Crippen LogP contribution in [0.15, 0.2) is 91.0 Å². The predicted molar refractivity (Wildman–Crippen MR) is 116 cm³/mol. The molecular formula is C25H26O2Si. The molecule has 0 spiro atoms. The van der Waals surface area contributed by atoms with Gasteiger partial charge in [-0.05, 0) is 11.6 Å². The van der Waals surface area contributed by atoms with Crippen molar-refractivity contribution in [1.82, 2.24) is 0 Å². The Kier molecular flexibility index (Phi) is 4.46. The minimum absolute atomic E-state index is 0.0773. The minimum atomic E-state index is -2.16. The van der Waals surface area contributed by atoms with Crippen LogP contribution in [0.1, 0.15) is 18.4 Å². The fraction of sp³-hybridized carbons (Fsp3) is 0.280. The van der Waals surface area contributed by atoms with Crippen molar-refractivity contribution in [2.45, 2.75) is 42.7 Å². The second-order valence-corrected chi connectivity index (χ2v) is 12.4.